The van der Waals surface area contributed by atoms with Crippen LogP contribution < -0.4 is 16.4 Å². The van der Waals surface area contributed by atoms with E-state index in [1.54, 1.807) is 6.07 Å². The molecule has 0 aliphatic rings. The second-order valence-electron chi connectivity index (χ2n) is 6.18. The highest BCUT2D eigenvalue weighted by Crippen LogP contribution is 2.10. The number of aryl methyl sites for hydroxylation is 1. The van der Waals surface area contributed by atoms with Crippen molar-refractivity contribution in [3.63, 3.8) is 0 Å². The summed E-state index contributed by atoms with van der Waals surface area (Å²) < 4.78 is 0. The largest absolute Gasteiger partial charge is 0.370 e. The summed E-state index contributed by atoms with van der Waals surface area (Å²) in [6.07, 6.45) is 0.900. The Morgan fingerprint density at radius 2 is 1.92 bits per heavy atom. The summed E-state index contributed by atoms with van der Waals surface area (Å²) in [6.45, 7) is 6.48. The van der Waals surface area contributed by atoms with Crippen LogP contribution in [0.4, 0.5) is 5.69 Å². The highest BCUT2D eigenvalue weighted by atomic mass is 16.1. The van der Waals surface area contributed by atoms with Gasteiger partial charge in [0.15, 0.2) is 5.96 Å². The predicted octanol–water partition coefficient (Wildman–Crippen LogP) is 3.45. The van der Waals surface area contributed by atoms with Crippen LogP contribution in [0.2, 0.25) is 0 Å². The van der Waals surface area contributed by atoms with Crippen LogP contribution >= 0.6 is 0 Å². The van der Waals surface area contributed by atoms with E-state index >= 15 is 0 Å². The Hall–Kier alpha value is -2.82. The van der Waals surface area contributed by atoms with Gasteiger partial charge in [-0.1, -0.05) is 36.8 Å². The Kier molecular flexibility index (Phi) is 6.57. The van der Waals surface area contributed by atoms with Crippen molar-refractivity contribution in [1.29, 1.82) is 0 Å². The molecule has 0 heterocycles. The number of hydrogen-bond donors (Lipinski definition) is 3. The SMILES string of the molecule is CCC(C)NC(=O)c1cccc(CN=C(N)Nc2ccc(C)cc2)c1. The van der Waals surface area contributed by atoms with Gasteiger partial charge in [0.2, 0.25) is 0 Å². The number of nitrogens with one attached hydrogen (secondary N) is 2. The molecule has 0 radical (unpaired) electrons. The summed E-state index contributed by atoms with van der Waals surface area (Å²) in [7, 11) is 0. The molecule has 5 heteroatoms. The number of anilines is 1. The van der Waals surface area contributed by atoms with Gasteiger partial charge in [0.1, 0.15) is 0 Å². The molecule has 0 aliphatic heterocycles. The van der Waals surface area contributed by atoms with Crippen LogP contribution in [0.25, 0.3) is 0 Å². The monoisotopic (exact) mass is 338 g/mol. The molecule has 0 saturated carbocycles. The third-order valence-electron chi connectivity index (χ3n) is 3.93. The van der Waals surface area contributed by atoms with Crippen LogP contribution in [0.1, 0.15) is 41.8 Å². The van der Waals surface area contributed by atoms with Gasteiger partial charge in [-0.2, -0.15) is 0 Å². The minimum absolute atomic E-state index is 0.0640. The van der Waals surface area contributed by atoms with Gasteiger partial charge in [0.05, 0.1) is 6.54 Å². The maximum atomic E-state index is 12.2. The quantitative estimate of drug-likeness (QED) is 0.557. The molecule has 4 N–H and O–H groups in total. The number of carbonyl (C=O) groups is 1. The van der Waals surface area contributed by atoms with Gasteiger partial charge in [-0.05, 0) is 50.1 Å². The van der Waals surface area contributed by atoms with E-state index in [2.05, 4.69) is 15.6 Å². The average molecular weight is 338 g/mol. The highest BCUT2D eigenvalue weighted by molar-refractivity contribution is 5.94. The molecule has 1 amide bonds. The predicted molar refractivity (Wildman–Crippen MR) is 104 cm³/mol. The third-order valence-corrected chi connectivity index (χ3v) is 3.93. The molecule has 1 atom stereocenters. The molecule has 0 saturated heterocycles. The molecule has 0 bridgehead atoms. The molecule has 2 aromatic carbocycles. The summed E-state index contributed by atoms with van der Waals surface area (Å²) in [5.74, 6) is 0.282. The molecule has 132 valence electrons. The first kappa shape index (κ1) is 18.5. The molecule has 2 aromatic rings. The number of nitrogens with zero attached hydrogens (tertiary/aromatic N) is 1. The Balaban J connectivity index is 1.98. The number of carbonyl (C=O) groups excluding carboxylic acids is 1. The number of benzene rings is 2. The normalized spacial score (nSPS) is 12.5. The van der Waals surface area contributed by atoms with Gasteiger partial charge in [-0.25, -0.2) is 4.99 Å². The molecule has 2 rings (SSSR count). The van der Waals surface area contributed by atoms with E-state index < -0.39 is 0 Å². The first-order valence-electron chi connectivity index (χ1n) is 8.51. The summed E-state index contributed by atoms with van der Waals surface area (Å²) >= 11 is 0. The van der Waals surface area contributed by atoms with Crippen LogP contribution in [-0.4, -0.2) is 17.9 Å². The van der Waals surface area contributed by atoms with Crippen molar-refractivity contribution in [3.8, 4) is 0 Å². The summed E-state index contributed by atoms with van der Waals surface area (Å²) in [6, 6.07) is 15.5. The summed E-state index contributed by atoms with van der Waals surface area (Å²) in [5.41, 5.74) is 9.59. The average Bonchev–Trinajstić information content (AvgIpc) is 2.62. The molecule has 0 aromatic heterocycles. The standard InChI is InChI=1S/C20H26N4O/c1-4-15(3)23-19(25)17-7-5-6-16(12-17)13-22-20(21)24-18-10-8-14(2)9-11-18/h5-12,15H,4,13H2,1-3H3,(H,23,25)(H3,21,22,24). The minimum atomic E-state index is -0.0640. The zero-order valence-corrected chi connectivity index (χ0v) is 15.0. The van der Waals surface area contributed by atoms with Gasteiger partial charge in [0.25, 0.3) is 5.91 Å². The van der Waals surface area contributed by atoms with E-state index in [1.807, 2.05) is 63.2 Å². The zero-order chi connectivity index (χ0) is 18.2. The molecule has 0 spiro atoms. The van der Waals surface area contributed by atoms with Crippen molar-refractivity contribution in [3.05, 3.63) is 65.2 Å². The van der Waals surface area contributed by atoms with E-state index in [0.717, 1.165) is 17.7 Å². The fourth-order valence-electron chi connectivity index (χ4n) is 2.22. The van der Waals surface area contributed by atoms with Crippen molar-refractivity contribution in [2.75, 3.05) is 5.32 Å². The van der Waals surface area contributed by atoms with Crippen LogP contribution in [0.3, 0.4) is 0 Å². The molecule has 25 heavy (non-hydrogen) atoms. The number of guanidine groups is 1. The van der Waals surface area contributed by atoms with E-state index in [4.69, 9.17) is 5.73 Å². The Morgan fingerprint density at radius 1 is 1.20 bits per heavy atom. The van der Waals surface area contributed by atoms with Crippen LogP contribution in [0.5, 0.6) is 0 Å². The second-order valence-corrected chi connectivity index (χ2v) is 6.18. The van der Waals surface area contributed by atoms with E-state index in [9.17, 15) is 4.79 Å². The van der Waals surface area contributed by atoms with Crippen molar-refractivity contribution in [1.82, 2.24) is 5.32 Å². The highest BCUT2D eigenvalue weighted by Gasteiger charge is 2.08. The van der Waals surface area contributed by atoms with E-state index in [1.165, 1.54) is 5.56 Å². The van der Waals surface area contributed by atoms with Gasteiger partial charge >= 0.3 is 0 Å². The molecular formula is C20H26N4O. The van der Waals surface area contributed by atoms with Gasteiger partial charge < -0.3 is 16.4 Å². The fourth-order valence-corrected chi connectivity index (χ4v) is 2.22. The fraction of sp³-hybridized carbons (Fsp3) is 0.300. The maximum Gasteiger partial charge on any atom is 0.251 e. The Labute approximate surface area is 149 Å². The second kappa shape index (κ2) is 8.87. The molecule has 0 aliphatic carbocycles. The number of nitrogens with two attached hydrogens (primary N) is 1. The minimum Gasteiger partial charge on any atom is -0.370 e. The summed E-state index contributed by atoms with van der Waals surface area (Å²) in [5, 5.41) is 6.02. The lowest BCUT2D eigenvalue weighted by Gasteiger charge is -2.11. The number of hydrogen-bond acceptors (Lipinski definition) is 2. The zero-order valence-electron chi connectivity index (χ0n) is 15.0. The van der Waals surface area contributed by atoms with Gasteiger partial charge in [0, 0.05) is 17.3 Å². The van der Waals surface area contributed by atoms with Crippen LogP contribution in [0.15, 0.2) is 53.5 Å². The maximum absolute atomic E-state index is 12.2. The Morgan fingerprint density at radius 3 is 2.60 bits per heavy atom. The molecular weight excluding hydrogens is 312 g/mol. The topological polar surface area (TPSA) is 79.5 Å². The lowest BCUT2D eigenvalue weighted by Crippen LogP contribution is -2.31. The first-order valence-corrected chi connectivity index (χ1v) is 8.51. The third kappa shape index (κ3) is 5.95. The summed E-state index contributed by atoms with van der Waals surface area (Å²) in [4.78, 5) is 16.5. The number of aliphatic imine (C=N–C) groups is 1. The van der Waals surface area contributed by atoms with Gasteiger partial charge in [-0.3, -0.25) is 4.79 Å². The number of amides is 1. The lowest BCUT2D eigenvalue weighted by molar-refractivity contribution is 0.0939. The van der Waals surface area contributed by atoms with Crippen LogP contribution in [-0.2, 0) is 6.54 Å². The van der Waals surface area contributed by atoms with E-state index in [0.29, 0.717) is 18.1 Å². The van der Waals surface area contributed by atoms with Crippen molar-refractivity contribution in [2.45, 2.75) is 39.8 Å². The van der Waals surface area contributed by atoms with Gasteiger partial charge in [-0.15, -0.1) is 0 Å². The van der Waals surface area contributed by atoms with Crippen molar-refractivity contribution < 1.29 is 4.79 Å². The van der Waals surface area contributed by atoms with Crippen LogP contribution in [0, 0.1) is 6.92 Å². The van der Waals surface area contributed by atoms with Crippen molar-refractivity contribution >= 4 is 17.6 Å². The van der Waals surface area contributed by atoms with E-state index in [-0.39, 0.29) is 11.9 Å². The smallest absolute Gasteiger partial charge is 0.251 e. The molecule has 0 fully saturated rings. The molecule has 5 nitrogen and oxygen atoms in total. The molecule has 1 unspecified atom stereocenters. The Bertz CT molecular complexity index is 738. The first-order chi connectivity index (χ1) is 12.0. The lowest BCUT2D eigenvalue weighted by atomic mass is 10.1. The number of rotatable bonds is 6. The van der Waals surface area contributed by atoms with Crippen molar-refractivity contribution in [2.24, 2.45) is 10.7 Å².